The van der Waals surface area contributed by atoms with Gasteiger partial charge in [-0.15, -0.1) is 11.3 Å². The molecule has 0 aliphatic heterocycles. The van der Waals surface area contributed by atoms with E-state index >= 15 is 0 Å². The van der Waals surface area contributed by atoms with Crippen LogP contribution in [0.15, 0.2) is 9.72 Å². The van der Waals surface area contributed by atoms with E-state index in [9.17, 15) is 13.2 Å². The van der Waals surface area contributed by atoms with Gasteiger partial charge >= 0.3 is 5.97 Å². The second-order valence-electron chi connectivity index (χ2n) is 3.17. The zero-order valence-corrected chi connectivity index (χ0v) is 11.0. The first kappa shape index (κ1) is 15.0. The smallest absolute Gasteiger partial charge is 0.358 e. The lowest BCUT2D eigenvalue weighted by Crippen LogP contribution is -2.34. The summed E-state index contributed by atoms with van der Waals surface area (Å²) in [6, 6.07) is 0. The van der Waals surface area contributed by atoms with Crippen molar-refractivity contribution in [3.63, 3.8) is 0 Å². The highest BCUT2D eigenvalue weighted by Gasteiger charge is 2.26. The summed E-state index contributed by atoms with van der Waals surface area (Å²) < 4.78 is 29.8. The second kappa shape index (κ2) is 6.20. The quantitative estimate of drug-likeness (QED) is 0.549. The van der Waals surface area contributed by atoms with Gasteiger partial charge in [0.15, 0.2) is 9.90 Å². The maximum atomic E-state index is 11.8. The number of rotatable bonds is 6. The van der Waals surface area contributed by atoms with Gasteiger partial charge in [0.05, 0.1) is 25.3 Å². The molecule has 0 radical (unpaired) electrons. The Labute approximate surface area is 107 Å². The number of aromatic nitrogens is 1. The Kier molecular flexibility index (Phi) is 5.16. The van der Waals surface area contributed by atoms with E-state index in [0.717, 1.165) is 18.4 Å². The van der Waals surface area contributed by atoms with Gasteiger partial charge in [0.2, 0.25) is 0 Å². The third-order valence-electron chi connectivity index (χ3n) is 1.88. The standard InChI is InChI=1S/C8H12N2O6S2/c1-16-7(13)6-8(17-4-9-6)18(14,15)10-2-5(12)3-11/h4-5,10-12H,2-3H2,1H3. The topological polar surface area (TPSA) is 126 Å². The number of esters is 1. The van der Waals surface area contributed by atoms with Gasteiger partial charge in [-0.05, 0) is 0 Å². The largest absolute Gasteiger partial charge is 0.464 e. The van der Waals surface area contributed by atoms with Crippen LogP contribution in [0.3, 0.4) is 0 Å². The Balaban J connectivity index is 2.92. The van der Waals surface area contributed by atoms with Crippen LogP contribution < -0.4 is 4.72 Å². The molecule has 18 heavy (non-hydrogen) atoms. The average Bonchev–Trinajstić information content (AvgIpc) is 2.85. The van der Waals surface area contributed by atoms with Crippen LogP contribution in [0.2, 0.25) is 0 Å². The Morgan fingerprint density at radius 1 is 1.67 bits per heavy atom. The van der Waals surface area contributed by atoms with Crippen LogP contribution in [-0.4, -0.2) is 55.9 Å². The number of nitrogens with one attached hydrogen (secondary N) is 1. The lowest BCUT2D eigenvalue weighted by molar-refractivity contribution is 0.0590. The maximum absolute atomic E-state index is 11.8. The molecule has 0 saturated heterocycles. The first-order chi connectivity index (χ1) is 8.42. The number of sulfonamides is 1. The van der Waals surface area contributed by atoms with Crippen LogP contribution in [0.5, 0.6) is 0 Å². The Hall–Kier alpha value is -1.07. The van der Waals surface area contributed by atoms with Crippen molar-refractivity contribution in [3.05, 3.63) is 11.2 Å². The molecule has 1 atom stereocenters. The molecule has 102 valence electrons. The third-order valence-corrected chi connectivity index (χ3v) is 4.67. The summed E-state index contributed by atoms with van der Waals surface area (Å²) in [4.78, 5) is 14.9. The fraction of sp³-hybridized carbons (Fsp3) is 0.500. The number of aliphatic hydroxyl groups excluding tert-OH is 2. The summed E-state index contributed by atoms with van der Waals surface area (Å²) in [5, 5.41) is 17.6. The minimum atomic E-state index is -3.97. The van der Waals surface area contributed by atoms with Crippen molar-refractivity contribution < 1.29 is 28.2 Å². The number of nitrogens with zero attached hydrogens (tertiary/aromatic N) is 1. The number of carbonyl (C=O) groups is 1. The summed E-state index contributed by atoms with van der Waals surface area (Å²) in [6.45, 7) is -0.938. The van der Waals surface area contributed by atoms with E-state index in [-0.39, 0.29) is 16.4 Å². The molecule has 1 aromatic rings. The van der Waals surface area contributed by atoms with Crippen LogP contribution in [-0.2, 0) is 14.8 Å². The van der Waals surface area contributed by atoms with E-state index in [1.165, 1.54) is 5.51 Å². The van der Waals surface area contributed by atoms with E-state index in [1.54, 1.807) is 0 Å². The number of carbonyl (C=O) groups excluding carboxylic acids is 1. The van der Waals surface area contributed by atoms with Crippen molar-refractivity contribution in [2.24, 2.45) is 0 Å². The molecule has 10 heteroatoms. The number of aliphatic hydroxyl groups is 2. The van der Waals surface area contributed by atoms with Gasteiger partial charge < -0.3 is 14.9 Å². The molecule has 1 rings (SSSR count). The normalized spacial score (nSPS) is 13.3. The van der Waals surface area contributed by atoms with Crippen molar-refractivity contribution in [2.45, 2.75) is 10.3 Å². The zero-order chi connectivity index (χ0) is 13.8. The molecule has 0 aliphatic carbocycles. The molecular formula is C8H12N2O6S2. The minimum Gasteiger partial charge on any atom is -0.464 e. The molecule has 1 aromatic heterocycles. The molecule has 0 aromatic carbocycles. The molecule has 0 spiro atoms. The highest BCUT2D eigenvalue weighted by molar-refractivity contribution is 7.91. The molecule has 3 N–H and O–H groups in total. The van der Waals surface area contributed by atoms with Gasteiger partial charge in [-0.25, -0.2) is 22.9 Å². The van der Waals surface area contributed by atoms with Crippen LogP contribution in [0, 0.1) is 0 Å². The fourth-order valence-corrected chi connectivity index (χ4v) is 3.24. The van der Waals surface area contributed by atoms with E-state index in [0.29, 0.717) is 0 Å². The van der Waals surface area contributed by atoms with Gasteiger partial charge in [-0.1, -0.05) is 0 Å². The van der Waals surface area contributed by atoms with E-state index < -0.39 is 28.7 Å². The Bertz CT molecular complexity index is 511. The lowest BCUT2D eigenvalue weighted by Gasteiger charge is -2.09. The highest BCUT2D eigenvalue weighted by Crippen LogP contribution is 2.20. The summed E-state index contributed by atoms with van der Waals surface area (Å²) in [7, 11) is -2.86. The molecule has 8 nitrogen and oxygen atoms in total. The van der Waals surface area contributed by atoms with Crippen molar-refractivity contribution in [1.29, 1.82) is 0 Å². The Morgan fingerprint density at radius 3 is 2.89 bits per heavy atom. The monoisotopic (exact) mass is 296 g/mol. The zero-order valence-electron chi connectivity index (χ0n) is 9.36. The summed E-state index contributed by atoms with van der Waals surface area (Å²) in [5.74, 6) is -0.862. The SMILES string of the molecule is COC(=O)c1ncsc1S(=O)(=O)NCC(O)CO. The van der Waals surface area contributed by atoms with Gasteiger partial charge in [-0.3, -0.25) is 0 Å². The van der Waals surface area contributed by atoms with Crippen LogP contribution in [0.4, 0.5) is 0 Å². The minimum absolute atomic E-state index is 0.292. The van der Waals surface area contributed by atoms with Crippen LogP contribution >= 0.6 is 11.3 Å². The molecule has 0 bridgehead atoms. The second-order valence-corrected chi connectivity index (χ2v) is 5.99. The number of methoxy groups -OCH3 is 1. The molecule has 1 unspecified atom stereocenters. The molecular weight excluding hydrogens is 284 g/mol. The number of hydrogen-bond donors (Lipinski definition) is 3. The summed E-state index contributed by atoms with van der Waals surface area (Å²) >= 11 is 0.753. The summed E-state index contributed by atoms with van der Waals surface area (Å²) in [6.07, 6.45) is -1.21. The number of ether oxygens (including phenoxy) is 1. The van der Waals surface area contributed by atoms with E-state index in [1.807, 2.05) is 0 Å². The molecule has 0 fully saturated rings. The maximum Gasteiger partial charge on any atom is 0.358 e. The molecule has 1 heterocycles. The fourth-order valence-electron chi connectivity index (χ4n) is 0.995. The first-order valence-corrected chi connectivity index (χ1v) is 7.09. The lowest BCUT2D eigenvalue weighted by atomic mass is 10.4. The van der Waals surface area contributed by atoms with Crippen LogP contribution in [0.1, 0.15) is 10.5 Å². The van der Waals surface area contributed by atoms with Crippen molar-refractivity contribution in [3.8, 4) is 0 Å². The number of thiazole rings is 1. The summed E-state index contributed by atoms with van der Waals surface area (Å²) in [5.41, 5.74) is 0.886. The number of hydrogen-bond acceptors (Lipinski definition) is 8. The third kappa shape index (κ3) is 3.46. The molecule has 0 aliphatic rings. The molecule has 0 saturated carbocycles. The predicted octanol–water partition coefficient (Wildman–Crippen LogP) is -1.44. The first-order valence-electron chi connectivity index (χ1n) is 4.72. The van der Waals surface area contributed by atoms with Gasteiger partial charge in [0, 0.05) is 6.54 Å². The van der Waals surface area contributed by atoms with Gasteiger partial charge in [-0.2, -0.15) is 0 Å². The van der Waals surface area contributed by atoms with Gasteiger partial charge in [0.1, 0.15) is 0 Å². The highest BCUT2D eigenvalue weighted by atomic mass is 32.2. The van der Waals surface area contributed by atoms with Gasteiger partial charge in [0.25, 0.3) is 10.0 Å². The molecule has 0 amide bonds. The Morgan fingerprint density at radius 2 is 2.33 bits per heavy atom. The van der Waals surface area contributed by atoms with Crippen molar-refractivity contribution >= 4 is 27.3 Å². The van der Waals surface area contributed by atoms with Crippen molar-refractivity contribution in [2.75, 3.05) is 20.3 Å². The van der Waals surface area contributed by atoms with Crippen LogP contribution in [0.25, 0.3) is 0 Å². The predicted molar refractivity (Wildman–Crippen MR) is 61.7 cm³/mol. The van der Waals surface area contributed by atoms with E-state index in [4.69, 9.17) is 10.2 Å². The van der Waals surface area contributed by atoms with E-state index in [2.05, 4.69) is 14.4 Å². The average molecular weight is 296 g/mol. The van der Waals surface area contributed by atoms with Crippen molar-refractivity contribution in [1.82, 2.24) is 9.71 Å².